The summed E-state index contributed by atoms with van der Waals surface area (Å²) in [6.45, 7) is 6.42. The van der Waals surface area contributed by atoms with Gasteiger partial charge in [-0.1, -0.05) is 31.2 Å². The minimum atomic E-state index is 0. The predicted octanol–water partition coefficient (Wildman–Crippen LogP) is 3.51. The zero-order valence-corrected chi connectivity index (χ0v) is 17.3. The molecule has 2 aliphatic rings. The minimum absolute atomic E-state index is 0. The number of benzene rings is 1. The molecule has 0 radical (unpaired) electrons. The summed E-state index contributed by atoms with van der Waals surface area (Å²) in [6, 6.07) is 8.89. The van der Waals surface area contributed by atoms with Crippen LogP contribution in [0.3, 0.4) is 0 Å². The van der Waals surface area contributed by atoms with E-state index in [0.29, 0.717) is 6.54 Å². The van der Waals surface area contributed by atoms with Crippen LogP contribution in [-0.4, -0.2) is 29.9 Å². The van der Waals surface area contributed by atoms with E-state index in [0.717, 1.165) is 31.7 Å². The molecule has 3 rings (SSSR count). The van der Waals surface area contributed by atoms with Gasteiger partial charge in [0.05, 0.1) is 0 Å². The van der Waals surface area contributed by atoms with Crippen LogP contribution in [0.25, 0.3) is 0 Å². The van der Waals surface area contributed by atoms with E-state index in [1.54, 1.807) is 0 Å². The van der Waals surface area contributed by atoms with Crippen LogP contribution in [0.5, 0.6) is 0 Å². The van der Waals surface area contributed by atoms with E-state index < -0.39 is 0 Å². The van der Waals surface area contributed by atoms with Crippen molar-refractivity contribution in [3.8, 4) is 0 Å². The molecule has 26 heavy (non-hydrogen) atoms. The van der Waals surface area contributed by atoms with Crippen molar-refractivity contribution in [3.05, 3.63) is 35.4 Å². The summed E-state index contributed by atoms with van der Waals surface area (Å²) in [6.07, 6.45) is 5.41. The second-order valence-electron chi connectivity index (χ2n) is 7.79. The van der Waals surface area contributed by atoms with Gasteiger partial charge in [-0.3, -0.25) is 9.69 Å². The monoisotopic (exact) mass is 401 g/mol. The molecular formula is C20H33Cl2N3O. The smallest absolute Gasteiger partial charge is 0.223 e. The van der Waals surface area contributed by atoms with Crippen LogP contribution >= 0.6 is 24.8 Å². The lowest BCUT2D eigenvalue weighted by molar-refractivity contribution is -0.125. The standard InChI is InChI=1S/C20H31N3O.2ClH/c1-15-3-2-10-23(13-15)14-17-6-4-16(5-7-17)12-22-20(24)18-8-9-19(21)11-18;;/h4-7,15,18-19H,2-3,8-14,21H2,1H3,(H,22,24);2*1H. The molecule has 3 N–H and O–H groups in total. The Hall–Kier alpha value is -0.810. The fourth-order valence-corrected chi connectivity index (χ4v) is 4.04. The van der Waals surface area contributed by atoms with E-state index >= 15 is 0 Å². The molecule has 1 aliphatic heterocycles. The first kappa shape index (κ1) is 23.2. The molecule has 0 bridgehead atoms. The van der Waals surface area contributed by atoms with Crippen molar-refractivity contribution in [2.75, 3.05) is 13.1 Å². The molecule has 0 aromatic heterocycles. The third kappa shape index (κ3) is 6.73. The van der Waals surface area contributed by atoms with Crippen LogP contribution < -0.4 is 11.1 Å². The molecule has 1 heterocycles. The maximum absolute atomic E-state index is 12.2. The Kier molecular flexibility index (Phi) is 9.94. The number of amides is 1. The van der Waals surface area contributed by atoms with Gasteiger partial charge in [0.25, 0.3) is 0 Å². The van der Waals surface area contributed by atoms with Crippen molar-refractivity contribution in [3.63, 3.8) is 0 Å². The van der Waals surface area contributed by atoms with E-state index in [-0.39, 0.29) is 42.7 Å². The van der Waals surface area contributed by atoms with Gasteiger partial charge in [0, 0.05) is 31.6 Å². The van der Waals surface area contributed by atoms with Crippen molar-refractivity contribution in [1.29, 1.82) is 0 Å². The summed E-state index contributed by atoms with van der Waals surface area (Å²) in [5.41, 5.74) is 8.42. The number of rotatable bonds is 5. The third-order valence-electron chi connectivity index (χ3n) is 5.48. The zero-order valence-electron chi connectivity index (χ0n) is 15.7. The first-order valence-electron chi connectivity index (χ1n) is 9.43. The summed E-state index contributed by atoms with van der Waals surface area (Å²) in [4.78, 5) is 14.7. The normalized spacial score (nSPS) is 25.8. The summed E-state index contributed by atoms with van der Waals surface area (Å²) in [5, 5.41) is 3.06. The predicted molar refractivity (Wildman–Crippen MR) is 112 cm³/mol. The van der Waals surface area contributed by atoms with Crippen LogP contribution in [-0.2, 0) is 17.9 Å². The molecule has 1 aromatic rings. The summed E-state index contributed by atoms with van der Waals surface area (Å²) >= 11 is 0. The number of piperidine rings is 1. The maximum Gasteiger partial charge on any atom is 0.223 e. The molecule has 1 amide bonds. The highest BCUT2D eigenvalue weighted by molar-refractivity contribution is 5.85. The van der Waals surface area contributed by atoms with E-state index in [4.69, 9.17) is 5.73 Å². The Labute approximate surface area is 170 Å². The molecule has 1 aromatic carbocycles. The van der Waals surface area contributed by atoms with E-state index in [9.17, 15) is 4.79 Å². The van der Waals surface area contributed by atoms with Gasteiger partial charge in [0.1, 0.15) is 0 Å². The SMILES string of the molecule is CC1CCCN(Cc2ccc(CNC(=O)C3CCC(N)C3)cc2)C1.Cl.Cl. The Balaban J connectivity index is 0.00000169. The van der Waals surface area contributed by atoms with Crippen LogP contribution in [0.1, 0.15) is 50.2 Å². The third-order valence-corrected chi connectivity index (χ3v) is 5.48. The topological polar surface area (TPSA) is 58.4 Å². The quantitative estimate of drug-likeness (QED) is 0.793. The van der Waals surface area contributed by atoms with E-state index in [2.05, 4.69) is 41.4 Å². The number of nitrogens with one attached hydrogen (secondary N) is 1. The van der Waals surface area contributed by atoms with Crippen LogP contribution in [0.4, 0.5) is 0 Å². The van der Waals surface area contributed by atoms with Crippen molar-refractivity contribution < 1.29 is 4.79 Å². The van der Waals surface area contributed by atoms with Gasteiger partial charge in [-0.15, -0.1) is 24.8 Å². The number of likely N-dealkylation sites (tertiary alicyclic amines) is 1. The molecule has 1 saturated carbocycles. The Morgan fingerprint density at radius 2 is 1.85 bits per heavy atom. The second-order valence-corrected chi connectivity index (χ2v) is 7.79. The Bertz CT molecular complexity index is 552. The molecule has 2 fully saturated rings. The van der Waals surface area contributed by atoms with Gasteiger partial charge in [-0.25, -0.2) is 0 Å². The molecule has 3 atom stereocenters. The molecular weight excluding hydrogens is 369 g/mol. The van der Waals surface area contributed by atoms with Crippen molar-refractivity contribution in [2.45, 2.75) is 58.2 Å². The summed E-state index contributed by atoms with van der Waals surface area (Å²) in [5.74, 6) is 1.09. The second kappa shape index (κ2) is 11.1. The van der Waals surface area contributed by atoms with Gasteiger partial charge < -0.3 is 11.1 Å². The number of nitrogens with two attached hydrogens (primary N) is 1. The van der Waals surface area contributed by atoms with Gasteiger partial charge in [0.2, 0.25) is 5.91 Å². The molecule has 4 nitrogen and oxygen atoms in total. The first-order chi connectivity index (χ1) is 11.6. The number of carbonyl (C=O) groups excluding carboxylic acids is 1. The maximum atomic E-state index is 12.2. The lowest BCUT2D eigenvalue weighted by atomic mass is 9.99. The molecule has 148 valence electrons. The highest BCUT2D eigenvalue weighted by Crippen LogP contribution is 2.24. The Morgan fingerprint density at radius 1 is 1.15 bits per heavy atom. The van der Waals surface area contributed by atoms with Gasteiger partial charge in [-0.2, -0.15) is 0 Å². The number of halogens is 2. The largest absolute Gasteiger partial charge is 0.352 e. The number of hydrogen-bond acceptors (Lipinski definition) is 3. The lowest BCUT2D eigenvalue weighted by Gasteiger charge is -2.30. The van der Waals surface area contributed by atoms with Gasteiger partial charge >= 0.3 is 0 Å². The zero-order chi connectivity index (χ0) is 16.9. The van der Waals surface area contributed by atoms with Crippen LogP contribution in [0.2, 0.25) is 0 Å². The lowest BCUT2D eigenvalue weighted by Crippen LogP contribution is -2.33. The number of carbonyl (C=O) groups is 1. The molecule has 6 heteroatoms. The average molecular weight is 402 g/mol. The number of hydrogen-bond donors (Lipinski definition) is 2. The Morgan fingerprint density at radius 3 is 2.46 bits per heavy atom. The summed E-state index contributed by atoms with van der Waals surface area (Å²) < 4.78 is 0. The molecule has 0 spiro atoms. The fourth-order valence-electron chi connectivity index (χ4n) is 4.04. The summed E-state index contributed by atoms with van der Waals surface area (Å²) in [7, 11) is 0. The molecule has 1 aliphatic carbocycles. The fraction of sp³-hybridized carbons (Fsp3) is 0.650. The van der Waals surface area contributed by atoms with Gasteiger partial charge in [-0.05, 0) is 55.7 Å². The highest BCUT2D eigenvalue weighted by atomic mass is 35.5. The van der Waals surface area contributed by atoms with Crippen molar-refractivity contribution in [2.24, 2.45) is 17.6 Å². The highest BCUT2D eigenvalue weighted by Gasteiger charge is 2.27. The van der Waals surface area contributed by atoms with E-state index in [1.165, 1.54) is 37.1 Å². The van der Waals surface area contributed by atoms with Crippen LogP contribution in [0.15, 0.2) is 24.3 Å². The molecule has 1 saturated heterocycles. The van der Waals surface area contributed by atoms with Crippen molar-refractivity contribution >= 4 is 30.7 Å². The van der Waals surface area contributed by atoms with Gasteiger partial charge in [0.15, 0.2) is 0 Å². The minimum Gasteiger partial charge on any atom is -0.352 e. The average Bonchev–Trinajstić information content (AvgIpc) is 3.01. The van der Waals surface area contributed by atoms with E-state index in [1.807, 2.05) is 0 Å². The molecule has 3 unspecified atom stereocenters. The number of nitrogens with zero attached hydrogens (tertiary/aromatic N) is 1. The van der Waals surface area contributed by atoms with Crippen LogP contribution in [0, 0.1) is 11.8 Å². The first-order valence-corrected chi connectivity index (χ1v) is 9.43. The van der Waals surface area contributed by atoms with Crippen molar-refractivity contribution in [1.82, 2.24) is 10.2 Å².